The van der Waals surface area contributed by atoms with Crippen LogP contribution in [0.25, 0.3) is 0 Å². The van der Waals surface area contributed by atoms with Gasteiger partial charge in [-0.1, -0.05) is 0 Å². The number of nitrogens with zero attached hydrogens (tertiary/aromatic N) is 1. The van der Waals surface area contributed by atoms with Crippen LogP contribution in [0.3, 0.4) is 0 Å². The molecular formula is C19H29N7O8. The lowest BCUT2D eigenvalue weighted by Gasteiger charge is -2.23. The van der Waals surface area contributed by atoms with Crippen molar-refractivity contribution in [3.8, 4) is 0 Å². The molecule has 10 N–H and O–H groups in total. The highest BCUT2D eigenvalue weighted by Crippen LogP contribution is 2.03. The molecular weight excluding hydrogens is 454 g/mol. The number of carboxylic acids is 2. The summed E-state index contributed by atoms with van der Waals surface area (Å²) >= 11 is 0. The smallest absolute Gasteiger partial charge is 0.326 e. The Balaban J connectivity index is 2.82. The van der Waals surface area contributed by atoms with Crippen LogP contribution in [0.5, 0.6) is 0 Å². The zero-order valence-corrected chi connectivity index (χ0v) is 18.4. The number of hydrogen-bond acceptors (Lipinski definition) is 8. The van der Waals surface area contributed by atoms with Crippen LogP contribution in [0.15, 0.2) is 12.5 Å². The van der Waals surface area contributed by atoms with Crippen LogP contribution in [0.2, 0.25) is 0 Å². The van der Waals surface area contributed by atoms with Crippen molar-refractivity contribution in [1.29, 1.82) is 0 Å². The van der Waals surface area contributed by atoms with Gasteiger partial charge in [0.15, 0.2) is 0 Å². The third kappa shape index (κ3) is 10.1. The molecule has 15 heteroatoms. The number of hydrogen-bond donors (Lipinski definition) is 8. The molecule has 1 aromatic rings. The molecule has 15 nitrogen and oxygen atoms in total. The lowest BCUT2D eigenvalue weighted by Crippen LogP contribution is -2.57. The van der Waals surface area contributed by atoms with Gasteiger partial charge in [-0.25, -0.2) is 9.78 Å². The summed E-state index contributed by atoms with van der Waals surface area (Å²) in [6, 6.07) is -4.99. The minimum Gasteiger partial charge on any atom is -0.481 e. The summed E-state index contributed by atoms with van der Waals surface area (Å²) in [5, 5.41) is 24.9. The van der Waals surface area contributed by atoms with Gasteiger partial charge < -0.3 is 42.6 Å². The maximum atomic E-state index is 12.8. The van der Waals surface area contributed by atoms with Crippen LogP contribution in [0.1, 0.15) is 38.3 Å². The van der Waals surface area contributed by atoms with Gasteiger partial charge in [0.1, 0.15) is 18.1 Å². The molecule has 0 saturated carbocycles. The van der Waals surface area contributed by atoms with Crippen LogP contribution in [-0.2, 0) is 35.2 Å². The Hall–Kier alpha value is -4.01. The Bertz CT molecular complexity index is 889. The van der Waals surface area contributed by atoms with E-state index in [0.717, 1.165) is 0 Å². The van der Waals surface area contributed by atoms with E-state index in [1.165, 1.54) is 19.4 Å². The first-order valence-corrected chi connectivity index (χ1v) is 10.3. The number of nitrogens with one attached hydrogen (secondary N) is 4. The monoisotopic (exact) mass is 483 g/mol. The number of carbonyl (C=O) groups excluding carboxylic acids is 4. The van der Waals surface area contributed by atoms with E-state index in [-0.39, 0.29) is 25.7 Å². The van der Waals surface area contributed by atoms with E-state index in [0.29, 0.717) is 5.69 Å². The Kier molecular flexibility index (Phi) is 11.1. The molecule has 34 heavy (non-hydrogen) atoms. The number of aromatic amines is 1. The van der Waals surface area contributed by atoms with Gasteiger partial charge in [-0.15, -0.1) is 0 Å². The van der Waals surface area contributed by atoms with Crippen LogP contribution < -0.4 is 27.4 Å². The number of amides is 4. The van der Waals surface area contributed by atoms with Gasteiger partial charge in [-0.3, -0.25) is 24.0 Å². The second-order valence-electron chi connectivity index (χ2n) is 7.52. The highest BCUT2D eigenvalue weighted by Gasteiger charge is 2.29. The SMILES string of the molecule is CC(NC(=O)C(Cc1cnc[nH]1)NC(=O)C(N)CCC(N)=O)C(=O)NC(CCC(=O)O)C(=O)O. The van der Waals surface area contributed by atoms with Crippen LogP contribution >= 0.6 is 0 Å². The van der Waals surface area contributed by atoms with E-state index in [2.05, 4.69) is 25.9 Å². The lowest BCUT2D eigenvalue weighted by atomic mass is 10.1. The summed E-state index contributed by atoms with van der Waals surface area (Å²) in [6.45, 7) is 1.29. The Morgan fingerprint density at radius 3 is 2.15 bits per heavy atom. The van der Waals surface area contributed by atoms with Crippen LogP contribution in [0, 0.1) is 0 Å². The molecule has 0 saturated heterocycles. The molecule has 4 amide bonds. The van der Waals surface area contributed by atoms with Gasteiger partial charge in [0, 0.05) is 31.2 Å². The van der Waals surface area contributed by atoms with Crippen molar-refractivity contribution in [3.63, 3.8) is 0 Å². The molecule has 0 bridgehead atoms. The molecule has 4 atom stereocenters. The fourth-order valence-corrected chi connectivity index (χ4v) is 2.73. The van der Waals surface area contributed by atoms with E-state index < -0.39 is 66.2 Å². The molecule has 0 radical (unpaired) electrons. The summed E-state index contributed by atoms with van der Waals surface area (Å²) in [5.74, 6) is -5.66. The summed E-state index contributed by atoms with van der Waals surface area (Å²) in [4.78, 5) is 77.0. The topological polar surface area (TPSA) is 260 Å². The summed E-state index contributed by atoms with van der Waals surface area (Å²) in [7, 11) is 0. The normalized spacial score (nSPS) is 14.2. The molecule has 1 aromatic heterocycles. The molecule has 0 fully saturated rings. The number of aliphatic carboxylic acids is 2. The Morgan fingerprint density at radius 1 is 0.971 bits per heavy atom. The molecule has 0 aliphatic rings. The molecule has 4 unspecified atom stereocenters. The van der Waals surface area contributed by atoms with Gasteiger partial charge in [0.2, 0.25) is 23.6 Å². The van der Waals surface area contributed by atoms with Crippen molar-refractivity contribution in [1.82, 2.24) is 25.9 Å². The van der Waals surface area contributed by atoms with Crippen LogP contribution in [0.4, 0.5) is 0 Å². The summed E-state index contributed by atoms with van der Waals surface area (Å²) < 4.78 is 0. The molecule has 188 valence electrons. The number of primary amides is 1. The quantitative estimate of drug-likeness (QED) is 0.125. The molecule has 0 spiro atoms. The van der Waals surface area contributed by atoms with Gasteiger partial charge >= 0.3 is 11.9 Å². The van der Waals surface area contributed by atoms with Gasteiger partial charge in [-0.2, -0.15) is 0 Å². The molecule has 0 aliphatic carbocycles. The highest BCUT2D eigenvalue weighted by molar-refractivity contribution is 5.94. The standard InChI is InChI=1S/C19H29N7O8/c1-9(16(30)25-12(19(33)34)3-5-15(28)29)24-18(32)13(6-10-7-22-8-23-10)26-17(31)11(20)2-4-14(21)27/h7-9,11-13H,2-6,20H2,1H3,(H2,21,27)(H,22,23)(H,24,32)(H,25,30)(H,26,31)(H,28,29)(H,33,34). The van der Waals surface area contributed by atoms with Crippen molar-refractivity contribution < 1.29 is 39.0 Å². The lowest BCUT2D eigenvalue weighted by molar-refractivity contribution is -0.143. The average molecular weight is 483 g/mol. The first-order valence-electron chi connectivity index (χ1n) is 10.3. The van der Waals surface area contributed by atoms with Gasteiger partial charge in [0.25, 0.3) is 0 Å². The van der Waals surface area contributed by atoms with Crippen molar-refractivity contribution in [2.75, 3.05) is 0 Å². The largest absolute Gasteiger partial charge is 0.481 e. The number of nitrogens with two attached hydrogens (primary N) is 2. The van der Waals surface area contributed by atoms with E-state index in [1.54, 1.807) is 0 Å². The fourth-order valence-electron chi connectivity index (χ4n) is 2.73. The molecule has 1 heterocycles. The maximum Gasteiger partial charge on any atom is 0.326 e. The van der Waals surface area contributed by atoms with Crippen molar-refractivity contribution in [2.45, 2.75) is 63.2 Å². The Morgan fingerprint density at radius 2 is 1.62 bits per heavy atom. The second kappa shape index (κ2) is 13.5. The predicted octanol–water partition coefficient (Wildman–Crippen LogP) is -3.03. The minimum atomic E-state index is -1.47. The second-order valence-corrected chi connectivity index (χ2v) is 7.52. The number of carbonyl (C=O) groups is 6. The third-order valence-electron chi connectivity index (χ3n) is 4.66. The van der Waals surface area contributed by atoms with Crippen LogP contribution in [-0.4, -0.2) is 79.9 Å². The number of aromatic nitrogens is 2. The number of H-pyrrole nitrogens is 1. The molecule has 0 aliphatic heterocycles. The van der Waals surface area contributed by atoms with Gasteiger partial charge in [0.05, 0.1) is 12.4 Å². The fraction of sp³-hybridized carbons (Fsp3) is 0.526. The molecule has 0 aromatic carbocycles. The zero-order chi connectivity index (χ0) is 25.8. The van der Waals surface area contributed by atoms with Gasteiger partial charge in [-0.05, 0) is 19.8 Å². The maximum absolute atomic E-state index is 12.8. The van der Waals surface area contributed by atoms with Crippen molar-refractivity contribution >= 4 is 35.6 Å². The van der Waals surface area contributed by atoms with E-state index in [4.69, 9.17) is 21.7 Å². The average Bonchev–Trinajstić information content (AvgIpc) is 3.26. The first kappa shape index (κ1) is 28.0. The molecule has 1 rings (SSSR count). The minimum absolute atomic E-state index is 0.0364. The third-order valence-corrected chi connectivity index (χ3v) is 4.66. The zero-order valence-electron chi connectivity index (χ0n) is 18.4. The number of imidazole rings is 1. The van der Waals surface area contributed by atoms with E-state index >= 15 is 0 Å². The van der Waals surface area contributed by atoms with E-state index in [9.17, 15) is 28.8 Å². The van der Waals surface area contributed by atoms with Crippen molar-refractivity contribution in [3.05, 3.63) is 18.2 Å². The highest BCUT2D eigenvalue weighted by atomic mass is 16.4. The van der Waals surface area contributed by atoms with E-state index in [1.807, 2.05) is 0 Å². The Labute approximate surface area is 194 Å². The number of rotatable bonds is 15. The first-order chi connectivity index (χ1) is 15.9. The summed E-state index contributed by atoms with van der Waals surface area (Å²) in [6.07, 6.45) is 1.76. The number of carboxylic acid groups (broad SMARTS) is 2. The van der Waals surface area contributed by atoms with Crippen molar-refractivity contribution in [2.24, 2.45) is 11.5 Å². The summed E-state index contributed by atoms with van der Waals surface area (Å²) in [5.41, 5.74) is 11.3. The predicted molar refractivity (Wildman–Crippen MR) is 115 cm³/mol.